The molecule has 0 radical (unpaired) electrons. The molecule has 0 saturated heterocycles. The lowest BCUT2D eigenvalue weighted by Crippen LogP contribution is -2.40. The lowest BCUT2D eigenvalue weighted by molar-refractivity contribution is 0.0956. The summed E-state index contributed by atoms with van der Waals surface area (Å²) in [6.07, 6.45) is 5.75. The Kier molecular flexibility index (Phi) is 6.19. The Morgan fingerprint density at radius 2 is 2.04 bits per heavy atom. The number of carbonyl (C=O) groups excluding carboxylic acids is 1. The highest BCUT2D eigenvalue weighted by Gasteiger charge is 2.27. The third-order valence-corrected chi connectivity index (χ3v) is 6.02. The molecule has 3 rings (SSSR count). The van der Waals surface area contributed by atoms with Gasteiger partial charge in [0.15, 0.2) is 0 Å². The molecule has 5 heteroatoms. The van der Waals surface area contributed by atoms with Gasteiger partial charge in [0.2, 0.25) is 0 Å². The number of rotatable bonds is 6. The van der Waals surface area contributed by atoms with Crippen LogP contribution in [-0.2, 0) is 0 Å². The third kappa shape index (κ3) is 4.12. The Balaban J connectivity index is 1.82. The lowest BCUT2D eigenvalue weighted by Gasteiger charge is -2.39. The van der Waals surface area contributed by atoms with E-state index < -0.39 is 0 Å². The van der Waals surface area contributed by atoms with Crippen LogP contribution in [0.3, 0.4) is 0 Å². The molecule has 4 nitrogen and oxygen atoms in total. The van der Waals surface area contributed by atoms with E-state index in [4.69, 9.17) is 11.6 Å². The molecule has 150 valence electrons. The van der Waals surface area contributed by atoms with Crippen molar-refractivity contribution in [2.45, 2.75) is 53.0 Å². The highest BCUT2D eigenvalue weighted by atomic mass is 35.5. The van der Waals surface area contributed by atoms with Crippen molar-refractivity contribution in [3.63, 3.8) is 0 Å². The molecule has 1 aliphatic heterocycles. The van der Waals surface area contributed by atoms with E-state index in [1.165, 1.54) is 19.3 Å². The molecule has 28 heavy (non-hydrogen) atoms. The minimum atomic E-state index is -0.106. The molecule has 0 bridgehead atoms. The first-order valence-corrected chi connectivity index (χ1v) is 10.4. The standard InChI is InChI=1S/C23H30ClN3O/c1-6-27(19-8-7-9-19)22-12-18(24)11-20(16(22)4)23(28)25-13-21-14(2)10-15(3)26-17(21)5/h10-12,19,26H,5-9,13H2,1-4H3,(H,25,28). The van der Waals surface area contributed by atoms with Gasteiger partial charge in [-0.25, -0.2) is 0 Å². The first-order valence-electron chi connectivity index (χ1n) is 10.0. The maximum Gasteiger partial charge on any atom is 0.251 e. The lowest BCUT2D eigenvalue weighted by atomic mass is 9.90. The normalized spacial score (nSPS) is 17.0. The van der Waals surface area contributed by atoms with Gasteiger partial charge in [0.1, 0.15) is 0 Å². The molecule has 1 aromatic carbocycles. The second-order valence-electron chi connectivity index (χ2n) is 7.74. The van der Waals surface area contributed by atoms with Crippen LogP contribution in [0.4, 0.5) is 5.69 Å². The second-order valence-corrected chi connectivity index (χ2v) is 8.18. The van der Waals surface area contributed by atoms with Gasteiger partial charge in [-0.05, 0) is 81.9 Å². The summed E-state index contributed by atoms with van der Waals surface area (Å²) in [5.74, 6) is -0.106. The van der Waals surface area contributed by atoms with E-state index in [2.05, 4.69) is 35.1 Å². The average molecular weight is 400 g/mol. The Morgan fingerprint density at radius 1 is 1.32 bits per heavy atom. The zero-order valence-electron chi connectivity index (χ0n) is 17.3. The van der Waals surface area contributed by atoms with Crippen LogP contribution < -0.4 is 15.5 Å². The minimum Gasteiger partial charge on any atom is -0.369 e. The van der Waals surface area contributed by atoms with Crippen LogP contribution in [0.5, 0.6) is 0 Å². The van der Waals surface area contributed by atoms with E-state index in [1.54, 1.807) is 6.07 Å². The summed E-state index contributed by atoms with van der Waals surface area (Å²) in [5, 5.41) is 6.88. The molecule has 1 fully saturated rings. The van der Waals surface area contributed by atoms with E-state index in [-0.39, 0.29) is 5.91 Å². The summed E-state index contributed by atoms with van der Waals surface area (Å²) in [4.78, 5) is 15.4. The summed E-state index contributed by atoms with van der Waals surface area (Å²) in [6.45, 7) is 13.6. The van der Waals surface area contributed by atoms with Crippen molar-refractivity contribution in [3.8, 4) is 0 Å². The molecule has 2 N–H and O–H groups in total. The number of benzene rings is 1. The minimum absolute atomic E-state index is 0.106. The highest BCUT2D eigenvalue weighted by Crippen LogP contribution is 2.34. The Bertz CT molecular complexity index is 865. The second kappa shape index (κ2) is 8.44. The zero-order chi connectivity index (χ0) is 20.4. The zero-order valence-corrected chi connectivity index (χ0v) is 18.0. The molecule has 1 aromatic rings. The van der Waals surface area contributed by atoms with Gasteiger partial charge in [-0.3, -0.25) is 4.79 Å². The first kappa shape index (κ1) is 20.5. The third-order valence-electron chi connectivity index (χ3n) is 5.80. The van der Waals surface area contributed by atoms with Gasteiger partial charge in [0.05, 0.1) is 0 Å². The Hall–Kier alpha value is -2.20. The van der Waals surface area contributed by atoms with Crippen LogP contribution in [0.2, 0.25) is 5.02 Å². The number of halogens is 1. The van der Waals surface area contributed by atoms with Crippen molar-refractivity contribution in [3.05, 3.63) is 63.5 Å². The molecular weight excluding hydrogens is 370 g/mol. The van der Waals surface area contributed by atoms with Gasteiger partial charge >= 0.3 is 0 Å². The smallest absolute Gasteiger partial charge is 0.251 e. The summed E-state index contributed by atoms with van der Waals surface area (Å²) in [7, 11) is 0. The van der Waals surface area contributed by atoms with E-state index >= 15 is 0 Å². The number of anilines is 1. The summed E-state index contributed by atoms with van der Waals surface area (Å²) in [5.41, 5.74) is 6.72. The van der Waals surface area contributed by atoms with Gasteiger partial charge in [-0.1, -0.05) is 18.2 Å². The number of hydrogen-bond acceptors (Lipinski definition) is 3. The van der Waals surface area contributed by atoms with Crippen molar-refractivity contribution in [2.24, 2.45) is 0 Å². The fourth-order valence-electron chi connectivity index (χ4n) is 4.03. The molecule has 1 aliphatic carbocycles. The van der Waals surface area contributed by atoms with Crippen LogP contribution in [0.1, 0.15) is 56.0 Å². The van der Waals surface area contributed by atoms with Crippen LogP contribution in [0.15, 0.2) is 47.3 Å². The molecule has 0 unspecified atom stereocenters. The van der Waals surface area contributed by atoms with Gasteiger partial charge in [-0.15, -0.1) is 0 Å². The quantitative estimate of drug-likeness (QED) is 0.699. The van der Waals surface area contributed by atoms with Crippen LogP contribution in [-0.4, -0.2) is 25.0 Å². The summed E-state index contributed by atoms with van der Waals surface area (Å²) >= 11 is 6.40. The van der Waals surface area contributed by atoms with Gasteiger partial charge in [0.25, 0.3) is 5.91 Å². The van der Waals surface area contributed by atoms with Crippen LogP contribution in [0, 0.1) is 6.92 Å². The maximum absolute atomic E-state index is 13.0. The fraction of sp³-hybridized carbons (Fsp3) is 0.435. The molecule has 1 amide bonds. The summed E-state index contributed by atoms with van der Waals surface area (Å²) < 4.78 is 0. The molecule has 1 saturated carbocycles. The monoisotopic (exact) mass is 399 g/mol. The van der Waals surface area contributed by atoms with Gasteiger partial charge in [-0.2, -0.15) is 0 Å². The SMILES string of the molecule is C=C1NC(C)=CC(C)=C1CNC(=O)c1cc(Cl)cc(N(CC)C2CCC2)c1C. The van der Waals surface area contributed by atoms with Crippen molar-refractivity contribution in [1.29, 1.82) is 0 Å². The number of amides is 1. The molecular formula is C23H30ClN3O. The number of nitrogens with zero attached hydrogens (tertiary/aromatic N) is 1. The van der Waals surface area contributed by atoms with E-state index in [0.29, 0.717) is 23.2 Å². The van der Waals surface area contributed by atoms with Crippen molar-refractivity contribution in [2.75, 3.05) is 18.0 Å². The fourth-order valence-corrected chi connectivity index (χ4v) is 4.24. The van der Waals surface area contributed by atoms with Crippen molar-refractivity contribution in [1.82, 2.24) is 10.6 Å². The van der Waals surface area contributed by atoms with Crippen LogP contribution in [0.25, 0.3) is 0 Å². The average Bonchev–Trinajstić information content (AvgIpc) is 2.58. The van der Waals surface area contributed by atoms with E-state index in [1.807, 2.05) is 26.8 Å². The van der Waals surface area contributed by atoms with Gasteiger partial charge < -0.3 is 15.5 Å². The van der Waals surface area contributed by atoms with Crippen LogP contribution >= 0.6 is 11.6 Å². The number of allylic oxidation sites excluding steroid dienone is 3. The Morgan fingerprint density at radius 3 is 2.61 bits per heavy atom. The predicted molar refractivity (Wildman–Crippen MR) is 118 cm³/mol. The largest absolute Gasteiger partial charge is 0.369 e. The predicted octanol–water partition coefficient (Wildman–Crippen LogP) is 5.09. The van der Waals surface area contributed by atoms with Crippen molar-refractivity contribution < 1.29 is 4.79 Å². The molecule has 1 heterocycles. The van der Waals surface area contributed by atoms with E-state index in [0.717, 1.165) is 40.3 Å². The van der Waals surface area contributed by atoms with E-state index in [9.17, 15) is 4.79 Å². The molecule has 2 aliphatic rings. The Labute approximate surface area is 173 Å². The number of dihydropyridines is 1. The van der Waals surface area contributed by atoms with Gasteiger partial charge in [0, 0.05) is 46.8 Å². The number of hydrogen-bond donors (Lipinski definition) is 2. The number of nitrogens with one attached hydrogen (secondary N) is 2. The summed E-state index contributed by atoms with van der Waals surface area (Å²) in [6, 6.07) is 4.31. The maximum atomic E-state index is 13.0. The first-order chi connectivity index (χ1) is 13.3. The topological polar surface area (TPSA) is 44.4 Å². The molecule has 0 spiro atoms. The number of carbonyl (C=O) groups is 1. The molecule has 0 atom stereocenters. The van der Waals surface area contributed by atoms with Crippen molar-refractivity contribution >= 4 is 23.2 Å². The molecule has 0 aromatic heterocycles. The highest BCUT2D eigenvalue weighted by molar-refractivity contribution is 6.31.